The summed E-state index contributed by atoms with van der Waals surface area (Å²) in [4.78, 5) is 49.6. The molecule has 21 N–H and O–H groups in total. The van der Waals surface area contributed by atoms with Gasteiger partial charge in [-0.1, -0.05) is 0 Å². The molecule has 0 saturated carbocycles. The number of carbonyl (C=O) groups is 3. The number of nitrogens with two attached hydrogens (primary N) is 9. The Morgan fingerprint density at radius 3 is 1.01 bits per heavy atom. The summed E-state index contributed by atoms with van der Waals surface area (Å²) in [5, 5.41) is 9.81. The van der Waals surface area contributed by atoms with Gasteiger partial charge in [-0.2, -0.15) is 0 Å². The summed E-state index contributed by atoms with van der Waals surface area (Å²) in [6.07, 6.45) is 13.3. The summed E-state index contributed by atoms with van der Waals surface area (Å²) in [7, 11) is 11.2. The van der Waals surface area contributed by atoms with E-state index in [2.05, 4.69) is 30.7 Å². The average molecular weight is 1080 g/mol. The van der Waals surface area contributed by atoms with E-state index in [1.54, 1.807) is 0 Å². The van der Waals surface area contributed by atoms with Crippen LogP contribution in [0.3, 0.4) is 0 Å². The molecule has 75 heavy (non-hydrogen) atoms. The van der Waals surface area contributed by atoms with Crippen molar-refractivity contribution in [2.24, 2.45) is 51.6 Å². The van der Waals surface area contributed by atoms with Crippen molar-refractivity contribution >= 4 is 17.9 Å². The Balaban J connectivity index is -0.00000105. The molecule has 0 rings (SSSR count). The second-order valence-electron chi connectivity index (χ2n) is 19.7. The number of hydrogen-bond acceptors (Lipinski definition) is 24. The maximum absolute atomic E-state index is 12.8. The van der Waals surface area contributed by atoms with Gasteiger partial charge in [0.1, 0.15) is 38.3 Å². The van der Waals surface area contributed by atoms with Gasteiger partial charge in [-0.15, -0.1) is 0 Å². The highest BCUT2D eigenvalue weighted by Gasteiger charge is 2.27. The molecule has 0 bridgehead atoms. The van der Waals surface area contributed by atoms with Gasteiger partial charge in [0.2, 0.25) is 0 Å². The van der Waals surface area contributed by atoms with Crippen LogP contribution in [-0.2, 0) is 28.6 Å². The Morgan fingerprint density at radius 2 is 0.653 bits per heavy atom. The molecule has 3 unspecified atom stereocenters. The summed E-state index contributed by atoms with van der Waals surface area (Å²) >= 11 is 0. The number of carbonyl (C=O) groups excluding carboxylic acids is 3. The second kappa shape index (κ2) is 57.9. The van der Waals surface area contributed by atoms with Crippen molar-refractivity contribution in [3.05, 3.63) is 0 Å². The standard InChI is InChI=1S/C20H47N7O2.C17H40N6O2.C14H33N5O2/c1-25(2)18-29-20(28)19(27(16-6-11-23)17-7-12-24)8-3-13-26(14-4-9-21)15-5-10-22;1-22(2)15-25-17(24)16(21-11-4-8-18)7-3-12-23(13-5-9-19)14-6-10-20;1-19(2)12-21-14(20)13(18-11-5-8-16)6-3-9-17-10-4-7-15/h19H,3-18,21-24H2,1-2H3;16,21H,3-15,18-20H2,1-2H3;13,17-18H,3-12,15-16H2,1-2H3. The maximum atomic E-state index is 12.8. The molecule has 0 saturated heterocycles. The molecule has 0 aromatic heterocycles. The number of hydrogen-bond donors (Lipinski definition) is 12. The number of nitrogens with zero attached hydrogens (tertiary/aromatic N) is 6. The molecular weight excluding hydrogens is 961 g/mol. The van der Waals surface area contributed by atoms with Gasteiger partial charge in [0, 0.05) is 13.1 Å². The maximum Gasteiger partial charge on any atom is 0.324 e. The van der Waals surface area contributed by atoms with Gasteiger partial charge < -0.3 is 91.6 Å². The molecule has 0 aliphatic rings. The second-order valence-corrected chi connectivity index (χ2v) is 19.7. The van der Waals surface area contributed by atoms with Crippen molar-refractivity contribution in [2.75, 3.05) is 200 Å². The molecule has 0 spiro atoms. The molecule has 450 valence electrons. The van der Waals surface area contributed by atoms with Crippen LogP contribution in [0.4, 0.5) is 0 Å². The normalized spacial score (nSPS) is 12.8. The van der Waals surface area contributed by atoms with E-state index in [-0.39, 0.29) is 42.8 Å². The molecule has 0 heterocycles. The summed E-state index contributed by atoms with van der Waals surface area (Å²) in [6.45, 7) is 17.4. The van der Waals surface area contributed by atoms with Crippen LogP contribution in [0, 0.1) is 0 Å². The molecule has 0 aromatic carbocycles. The molecule has 0 aliphatic heterocycles. The molecular formula is C51H120N18O6. The van der Waals surface area contributed by atoms with Gasteiger partial charge in [0.25, 0.3) is 0 Å². The lowest BCUT2D eigenvalue weighted by Crippen LogP contribution is -2.45. The highest BCUT2D eigenvalue weighted by Crippen LogP contribution is 2.13. The topological polar surface area (TPSA) is 369 Å². The zero-order valence-corrected chi connectivity index (χ0v) is 48.6. The van der Waals surface area contributed by atoms with Crippen LogP contribution in [0.5, 0.6) is 0 Å². The van der Waals surface area contributed by atoms with Gasteiger partial charge in [-0.25, -0.2) is 0 Å². The first kappa shape index (κ1) is 76.9. The van der Waals surface area contributed by atoms with Crippen molar-refractivity contribution in [3.8, 4) is 0 Å². The quantitative estimate of drug-likeness (QED) is 0.0129. The van der Waals surface area contributed by atoms with Crippen LogP contribution in [-0.4, -0.2) is 265 Å². The fourth-order valence-corrected chi connectivity index (χ4v) is 7.44. The fraction of sp³-hybridized carbons (Fsp3) is 0.941. The van der Waals surface area contributed by atoms with Gasteiger partial charge in [-0.05, 0) is 263 Å². The summed E-state index contributed by atoms with van der Waals surface area (Å²) in [5.41, 5.74) is 50.4. The van der Waals surface area contributed by atoms with Crippen LogP contribution < -0.4 is 67.6 Å². The van der Waals surface area contributed by atoms with E-state index in [1.165, 1.54) is 0 Å². The third kappa shape index (κ3) is 50.9. The number of esters is 3. The molecule has 0 aliphatic carbocycles. The Labute approximate surface area is 456 Å². The van der Waals surface area contributed by atoms with E-state index in [0.29, 0.717) is 72.4 Å². The van der Waals surface area contributed by atoms with E-state index in [0.717, 1.165) is 175 Å². The summed E-state index contributed by atoms with van der Waals surface area (Å²) in [6, 6.07) is -0.802. The van der Waals surface area contributed by atoms with Crippen LogP contribution >= 0.6 is 0 Å². The zero-order valence-electron chi connectivity index (χ0n) is 48.6. The molecule has 0 fully saturated rings. The van der Waals surface area contributed by atoms with Crippen molar-refractivity contribution in [2.45, 2.75) is 114 Å². The van der Waals surface area contributed by atoms with Crippen LogP contribution in [0.2, 0.25) is 0 Å². The SMILES string of the molecule is CN(C)COC(=O)C(CCCN(CCCN)CCCN)N(CCCN)CCCN.CN(C)COC(=O)C(CCCN(CCCN)CCCN)NCCCN.CN(C)COC(=O)C(CCCNCCCN)NCCCN. The predicted molar refractivity (Wildman–Crippen MR) is 309 cm³/mol. The minimum Gasteiger partial charge on any atom is -0.448 e. The Kier molecular flexibility index (Phi) is 59.3. The molecule has 0 amide bonds. The first-order chi connectivity index (χ1) is 36.2. The lowest BCUT2D eigenvalue weighted by molar-refractivity contribution is -0.154. The predicted octanol–water partition coefficient (Wildman–Crippen LogP) is -2.59. The van der Waals surface area contributed by atoms with E-state index in [1.807, 2.05) is 57.0 Å². The largest absolute Gasteiger partial charge is 0.448 e. The van der Waals surface area contributed by atoms with E-state index in [4.69, 9.17) is 65.8 Å². The molecule has 0 aromatic rings. The Hall–Kier alpha value is -2.31. The van der Waals surface area contributed by atoms with Gasteiger partial charge in [0.15, 0.2) is 0 Å². The van der Waals surface area contributed by atoms with Crippen LogP contribution in [0.25, 0.3) is 0 Å². The number of rotatable bonds is 51. The third-order valence-corrected chi connectivity index (χ3v) is 11.6. The van der Waals surface area contributed by atoms with Crippen LogP contribution in [0.15, 0.2) is 0 Å². The molecule has 0 radical (unpaired) electrons. The highest BCUT2D eigenvalue weighted by molar-refractivity contribution is 5.76. The number of nitrogens with one attached hydrogen (secondary N) is 3. The van der Waals surface area contributed by atoms with E-state index in [9.17, 15) is 14.4 Å². The minimum absolute atomic E-state index is 0.164. The first-order valence-corrected chi connectivity index (χ1v) is 28.3. The number of ether oxygens (including phenoxy) is 3. The van der Waals surface area contributed by atoms with Gasteiger partial charge in [-0.3, -0.25) is 34.0 Å². The third-order valence-electron chi connectivity index (χ3n) is 11.6. The Bertz CT molecular complexity index is 1210. The molecule has 24 nitrogen and oxygen atoms in total. The zero-order chi connectivity index (χ0) is 56.7. The summed E-state index contributed by atoms with van der Waals surface area (Å²) < 4.78 is 16.1. The van der Waals surface area contributed by atoms with Crippen LogP contribution in [0.1, 0.15) is 96.3 Å². The van der Waals surface area contributed by atoms with Crippen molar-refractivity contribution in [1.82, 2.24) is 45.3 Å². The molecule has 24 heteroatoms. The summed E-state index contributed by atoms with van der Waals surface area (Å²) in [5.74, 6) is -0.549. The fourth-order valence-electron chi connectivity index (χ4n) is 7.44. The van der Waals surface area contributed by atoms with Crippen molar-refractivity contribution in [3.63, 3.8) is 0 Å². The lowest BCUT2D eigenvalue weighted by atomic mass is 10.1. The van der Waals surface area contributed by atoms with Crippen molar-refractivity contribution < 1.29 is 28.6 Å². The highest BCUT2D eigenvalue weighted by atomic mass is 16.6. The lowest BCUT2D eigenvalue weighted by Gasteiger charge is -2.31. The monoisotopic (exact) mass is 1080 g/mol. The first-order valence-electron chi connectivity index (χ1n) is 28.3. The molecule has 3 atom stereocenters. The smallest absolute Gasteiger partial charge is 0.324 e. The van der Waals surface area contributed by atoms with Gasteiger partial charge in [0.05, 0.1) is 0 Å². The average Bonchev–Trinajstić information content (AvgIpc) is 3.39. The Morgan fingerprint density at radius 1 is 0.360 bits per heavy atom. The van der Waals surface area contributed by atoms with E-state index >= 15 is 0 Å². The van der Waals surface area contributed by atoms with E-state index < -0.39 is 0 Å². The van der Waals surface area contributed by atoms with Gasteiger partial charge >= 0.3 is 17.9 Å². The van der Waals surface area contributed by atoms with Crippen molar-refractivity contribution in [1.29, 1.82) is 0 Å². The minimum atomic E-state index is -0.280.